The Bertz CT molecular complexity index is 398. The maximum Gasteiger partial charge on any atom is 0.0720 e. The van der Waals surface area contributed by atoms with Crippen LogP contribution in [0.5, 0.6) is 0 Å². The lowest BCUT2D eigenvalue weighted by molar-refractivity contribution is -0.0472. The van der Waals surface area contributed by atoms with Crippen LogP contribution < -0.4 is 5.73 Å². The molecular formula is C18H29NO. The van der Waals surface area contributed by atoms with Gasteiger partial charge in [-0.2, -0.15) is 0 Å². The molecule has 2 heteroatoms. The first-order valence-electron chi connectivity index (χ1n) is 7.99. The minimum absolute atomic E-state index is 0.424. The van der Waals surface area contributed by atoms with Crippen molar-refractivity contribution in [1.82, 2.24) is 0 Å². The van der Waals surface area contributed by atoms with Crippen molar-refractivity contribution >= 4 is 0 Å². The second-order valence-electron chi connectivity index (χ2n) is 6.70. The number of hydrogen-bond acceptors (Lipinski definition) is 2. The second-order valence-corrected chi connectivity index (χ2v) is 6.70. The first-order chi connectivity index (χ1) is 9.60. The molecule has 2 rings (SSSR count). The summed E-state index contributed by atoms with van der Waals surface area (Å²) < 4.78 is 6.26. The summed E-state index contributed by atoms with van der Waals surface area (Å²) in [5, 5.41) is 0. The zero-order valence-electron chi connectivity index (χ0n) is 13.1. The van der Waals surface area contributed by atoms with Gasteiger partial charge in [-0.1, -0.05) is 51.5 Å². The molecule has 1 aromatic carbocycles. The fraction of sp³-hybridized carbons (Fsp3) is 0.667. The highest BCUT2D eigenvalue weighted by atomic mass is 16.5. The molecule has 20 heavy (non-hydrogen) atoms. The van der Waals surface area contributed by atoms with E-state index in [0.29, 0.717) is 18.6 Å². The van der Waals surface area contributed by atoms with Gasteiger partial charge < -0.3 is 10.5 Å². The molecule has 0 aliphatic heterocycles. The molecule has 0 saturated heterocycles. The smallest absolute Gasteiger partial charge is 0.0720 e. The number of benzene rings is 1. The Labute approximate surface area is 123 Å². The Balaban J connectivity index is 1.92. The van der Waals surface area contributed by atoms with Crippen LogP contribution in [0.3, 0.4) is 0 Å². The predicted octanol–water partition coefficient (Wildman–Crippen LogP) is 4.12. The van der Waals surface area contributed by atoms with E-state index in [2.05, 4.69) is 45.0 Å². The van der Waals surface area contributed by atoms with Gasteiger partial charge >= 0.3 is 0 Å². The fourth-order valence-corrected chi connectivity index (χ4v) is 3.28. The molecule has 0 amide bonds. The van der Waals surface area contributed by atoms with Crippen molar-refractivity contribution in [3.05, 3.63) is 35.4 Å². The average Bonchev–Trinajstić information content (AvgIpc) is 2.45. The molecule has 112 valence electrons. The molecule has 0 radical (unpaired) electrons. The van der Waals surface area contributed by atoms with Crippen LogP contribution in [0.1, 0.15) is 51.2 Å². The van der Waals surface area contributed by atoms with Crippen molar-refractivity contribution in [3.63, 3.8) is 0 Å². The molecule has 1 aliphatic carbocycles. The largest absolute Gasteiger partial charge is 0.373 e. The Morgan fingerprint density at radius 3 is 2.40 bits per heavy atom. The van der Waals surface area contributed by atoms with E-state index in [1.54, 1.807) is 0 Å². The van der Waals surface area contributed by atoms with E-state index in [1.165, 1.54) is 30.4 Å². The van der Waals surface area contributed by atoms with Gasteiger partial charge in [0.25, 0.3) is 0 Å². The topological polar surface area (TPSA) is 35.2 Å². The number of hydrogen-bond donors (Lipinski definition) is 1. The van der Waals surface area contributed by atoms with E-state index in [0.717, 1.165) is 18.4 Å². The molecule has 3 unspecified atom stereocenters. The fourth-order valence-electron chi connectivity index (χ4n) is 3.28. The standard InChI is InChI=1S/C18H29NO/c1-13(2)17-9-4-14(3)10-18(17)20-12-16-7-5-15(11-19)6-8-16/h5-8,13-14,17-18H,4,9-12,19H2,1-3H3. The summed E-state index contributed by atoms with van der Waals surface area (Å²) in [6.07, 6.45) is 4.31. The number of nitrogens with two attached hydrogens (primary N) is 1. The molecule has 0 spiro atoms. The third-order valence-electron chi connectivity index (χ3n) is 4.68. The minimum atomic E-state index is 0.424. The van der Waals surface area contributed by atoms with Crippen LogP contribution in [0.4, 0.5) is 0 Å². The molecule has 1 fully saturated rings. The van der Waals surface area contributed by atoms with Gasteiger partial charge in [-0.3, -0.25) is 0 Å². The summed E-state index contributed by atoms with van der Waals surface area (Å²) in [6, 6.07) is 8.47. The molecule has 2 N–H and O–H groups in total. The zero-order chi connectivity index (χ0) is 14.5. The molecule has 1 aromatic rings. The summed E-state index contributed by atoms with van der Waals surface area (Å²) in [5.41, 5.74) is 8.06. The van der Waals surface area contributed by atoms with Crippen molar-refractivity contribution in [2.45, 2.75) is 59.3 Å². The Morgan fingerprint density at radius 1 is 1.15 bits per heavy atom. The van der Waals surface area contributed by atoms with Crippen LogP contribution in [0.2, 0.25) is 0 Å². The van der Waals surface area contributed by atoms with Gasteiger partial charge in [0.05, 0.1) is 12.7 Å². The molecular weight excluding hydrogens is 246 g/mol. The lowest BCUT2D eigenvalue weighted by Crippen LogP contribution is -2.34. The lowest BCUT2D eigenvalue weighted by atomic mass is 9.75. The lowest BCUT2D eigenvalue weighted by Gasteiger charge is -2.37. The Morgan fingerprint density at radius 2 is 1.80 bits per heavy atom. The molecule has 0 heterocycles. The summed E-state index contributed by atoms with van der Waals surface area (Å²) in [6.45, 7) is 8.34. The van der Waals surface area contributed by atoms with Gasteiger partial charge in [-0.25, -0.2) is 0 Å². The summed E-state index contributed by atoms with van der Waals surface area (Å²) >= 11 is 0. The first kappa shape index (κ1) is 15.5. The van der Waals surface area contributed by atoms with Crippen LogP contribution in [0.15, 0.2) is 24.3 Å². The van der Waals surface area contributed by atoms with Crippen molar-refractivity contribution in [3.8, 4) is 0 Å². The van der Waals surface area contributed by atoms with Gasteiger partial charge in [-0.05, 0) is 41.7 Å². The normalized spacial score (nSPS) is 26.9. The van der Waals surface area contributed by atoms with Crippen LogP contribution in [0.25, 0.3) is 0 Å². The minimum Gasteiger partial charge on any atom is -0.373 e. The monoisotopic (exact) mass is 275 g/mol. The van der Waals surface area contributed by atoms with E-state index in [9.17, 15) is 0 Å². The highest BCUT2D eigenvalue weighted by molar-refractivity contribution is 5.21. The summed E-state index contributed by atoms with van der Waals surface area (Å²) in [4.78, 5) is 0. The zero-order valence-corrected chi connectivity index (χ0v) is 13.1. The Hall–Kier alpha value is -0.860. The van der Waals surface area contributed by atoms with Gasteiger partial charge in [0, 0.05) is 6.54 Å². The number of rotatable bonds is 5. The number of ether oxygens (including phenoxy) is 1. The van der Waals surface area contributed by atoms with Crippen LogP contribution in [-0.2, 0) is 17.9 Å². The second kappa shape index (κ2) is 7.24. The molecule has 1 saturated carbocycles. The average molecular weight is 275 g/mol. The van der Waals surface area contributed by atoms with Gasteiger partial charge in [0.1, 0.15) is 0 Å². The first-order valence-corrected chi connectivity index (χ1v) is 7.99. The van der Waals surface area contributed by atoms with Gasteiger partial charge in [-0.15, -0.1) is 0 Å². The maximum absolute atomic E-state index is 6.26. The SMILES string of the molecule is CC1CCC(C(C)C)C(OCc2ccc(CN)cc2)C1. The van der Waals surface area contributed by atoms with Crippen LogP contribution >= 0.6 is 0 Å². The third kappa shape index (κ3) is 4.07. The van der Waals surface area contributed by atoms with E-state index >= 15 is 0 Å². The van der Waals surface area contributed by atoms with Crippen molar-refractivity contribution in [2.75, 3.05) is 0 Å². The Kier molecular flexibility index (Phi) is 5.62. The summed E-state index contributed by atoms with van der Waals surface area (Å²) in [5.74, 6) is 2.23. The van der Waals surface area contributed by atoms with Crippen molar-refractivity contribution in [1.29, 1.82) is 0 Å². The highest BCUT2D eigenvalue weighted by Gasteiger charge is 2.31. The molecule has 0 bridgehead atoms. The van der Waals surface area contributed by atoms with Gasteiger partial charge in [0.2, 0.25) is 0 Å². The molecule has 1 aliphatic rings. The van der Waals surface area contributed by atoms with Crippen molar-refractivity contribution < 1.29 is 4.74 Å². The van der Waals surface area contributed by atoms with Crippen molar-refractivity contribution in [2.24, 2.45) is 23.5 Å². The summed E-state index contributed by atoms with van der Waals surface area (Å²) in [7, 11) is 0. The van der Waals surface area contributed by atoms with E-state index in [1.807, 2.05) is 0 Å². The van der Waals surface area contributed by atoms with E-state index in [4.69, 9.17) is 10.5 Å². The van der Waals surface area contributed by atoms with E-state index in [-0.39, 0.29) is 0 Å². The van der Waals surface area contributed by atoms with E-state index < -0.39 is 0 Å². The molecule has 0 aromatic heterocycles. The molecule has 3 atom stereocenters. The third-order valence-corrected chi connectivity index (χ3v) is 4.68. The van der Waals surface area contributed by atoms with Gasteiger partial charge in [0.15, 0.2) is 0 Å². The highest BCUT2D eigenvalue weighted by Crippen LogP contribution is 2.35. The van der Waals surface area contributed by atoms with Crippen LogP contribution in [-0.4, -0.2) is 6.10 Å². The van der Waals surface area contributed by atoms with Crippen LogP contribution in [0, 0.1) is 17.8 Å². The quantitative estimate of drug-likeness (QED) is 0.877. The maximum atomic E-state index is 6.26. The predicted molar refractivity (Wildman–Crippen MR) is 84.3 cm³/mol. The molecule has 2 nitrogen and oxygen atoms in total.